The summed E-state index contributed by atoms with van der Waals surface area (Å²) in [5.41, 5.74) is 0. The predicted octanol–water partition coefficient (Wildman–Crippen LogP) is 0.177. The van der Waals surface area contributed by atoms with E-state index in [9.17, 15) is 8.42 Å². The number of fused-ring (bicyclic) bond motifs is 1. The van der Waals surface area contributed by atoms with E-state index < -0.39 is 10.0 Å². The first-order valence-electron chi connectivity index (χ1n) is 6.36. The lowest BCUT2D eigenvalue weighted by atomic mass is 10.2. The van der Waals surface area contributed by atoms with Crippen molar-refractivity contribution in [2.75, 3.05) is 25.4 Å². The van der Waals surface area contributed by atoms with Crippen molar-refractivity contribution < 1.29 is 13.2 Å². The maximum Gasteiger partial charge on any atom is 0.211 e. The summed E-state index contributed by atoms with van der Waals surface area (Å²) in [5, 5.41) is 0. The molecule has 6 heteroatoms. The Morgan fingerprint density at radius 3 is 2.88 bits per heavy atom. The number of nitrogens with one attached hydrogen (secondary N) is 1. The summed E-state index contributed by atoms with van der Waals surface area (Å²) in [6.07, 6.45) is 1.79. The second-order valence-corrected chi connectivity index (χ2v) is 6.99. The Hall–Kier alpha value is -0.170. The van der Waals surface area contributed by atoms with Crippen molar-refractivity contribution in [2.45, 2.75) is 44.9 Å². The van der Waals surface area contributed by atoms with Crippen LogP contribution in [0.1, 0.15) is 26.7 Å². The Bertz CT molecular complexity index is 358. The molecule has 5 nitrogen and oxygen atoms in total. The molecule has 2 fully saturated rings. The highest BCUT2D eigenvalue weighted by molar-refractivity contribution is 7.89. The summed E-state index contributed by atoms with van der Waals surface area (Å²) in [5.74, 6) is 0.223. The summed E-state index contributed by atoms with van der Waals surface area (Å²) in [4.78, 5) is 2.34. The van der Waals surface area contributed by atoms with Gasteiger partial charge in [-0.25, -0.2) is 13.1 Å². The molecule has 0 aromatic heterocycles. The molecule has 0 aromatic rings. The third kappa shape index (κ3) is 3.40. The van der Waals surface area contributed by atoms with E-state index in [4.69, 9.17) is 4.74 Å². The molecular weight excluding hydrogens is 240 g/mol. The summed E-state index contributed by atoms with van der Waals surface area (Å²) in [6, 6.07) is 0.450. The molecule has 2 aliphatic heterocycles. The van der Waals surface area contributed by atoms with E-state index in [0.29, 0.717) is 12.5 Å². The fourth-order valence-electron chi connectivity index (χ4n) is 2.71. The van der Waals surface area contributed by atoms with Crippen molar-refractivity contribution in [2.24, 2.45) is 0 Å². The Kier molecular flexibility index (Phi) is 4.07. The Morgan fingerprint density at radius 1 is 1.41 bits per heavy atom. The fourth-order valence-corrected chi connectivity index (χ4v) is 4.04. The first kappa shape index (κ1) is 13.3. The Morgan fingerprint density at radius 2 is 2.18 bits per heavy atom. The third-order valence-corrected chi connectivity index (χ3v) is 5.05. The molecule has 17 heavy (non-hydrogen) atoms. The monoisotopic (exact) mass is 262 g/mol. The molecule has 0 amide bonds. The van der Waals surface area contributed by atoms with Crippen molar-refractivity contribution in [3.63, 3.8) is 0 Å². The van der Waals surface area contributed by atoms with Gasteiger partial charge in [0.1, 0.15) is 0 Å². The quantitative estimate of drug-likeness (QED) is 0.785. The van der Waals surface area contributed by atoms with Crippen LogP contribution in [-0.4, -0.2) is 57.0 Å². The minimum atomic E-state index is -3.09. The van der Waals surface area contributed by atoms with Gasteiger partial charge >= 0.3 is 0 Å². The van der Waals surface area contributed by atoms with Gasteiger partial charge in [0.25, 0.3) is 0 Å². The maximum absolute atomic E-state index is 11.7. The van der Waals surface area contributed by atoms with E-state index in [1.807, 2.05) is 6.92 Å². The van der Waals surface area contributed by atoms with E-state index in [2.05, 4.69) is 16.5 Å². The molecule has 0 aromatic carbocycles. The van der Waals surface area contributed by atoms with Gasteiger partial charge in [-0.05, 0) is 19.8 Å². The van der Waals surface area contributed by atoms with E-state index in [-0.39, 0.29) is 17.9 Å². The molecule has 0 saturated carbocycles. The number of hydrogen-bond donors (Lipinski definition) is 1. The van der Waals surface area contributed by atoms with Crippen LogP contribution in [0.5, 0.6) is 0 Å². The Balaban J connectivity index is 1.89. The standard InChI is InChI=1S/C11H22N2O3S/c1-3-4-17(14,15)12-10-5-11-8-16-9(2)6-13(11)7-10/h9-12H,3-8H2,1-2H3/t9-,10-,11+/m1/s1. The molecule has 0 radical (unpaired) electrons. The molecule has 3 atom stereocenters. The fraction of sp³-hybridized carbons (Fsp3) is 1.00. The average Bonchev–Trinajstić information content (AvgIpc) is 2.57. The summed E-state index contributed by atoms with van der Waals surface area (Å²) < 4.78 is 31.8. The first-order valence-corrected chi connectivity index (χ1v) is 8.01. The molecular formula is C11H22N2O3S. The second-order valence-electron chi connectivity index (χ2n) is 5.12. The number of nitrogens with zero attached hydrogens (tertiary/aromatic N) is 1. The van der Waals surface area contributed by atoms with Crippen LogP contribution >= 0.6 is 0 Å². The highest BCUT2D eigenvalue weighted by Gasteiger charge is 2.37. The molecule has 2 aliphatic rings. The molecule has 2 rings (SSSR count). The highest BCUT2D eigenvalue weighted by Crippen LogP contribution is 2.23. The van der Waals surface area contributed by atoms with E-state index in [0.717, 1.165) is 26.1 Å². The molecule has 2 heterocycles. The zero-order chi connectivity index (χ0) is 12.5. The number of morpholine rings is 1. The number of rotatable bonds is 4. The normalized spacial score (nSPS) is 34.8. The van der Waals surface area contributed by atoms with Gasteiger partial charge in [-0.15, -0.1) is 0 Å². The lowest BCUT2D eigenvalue weighted by molar-refractivity contribution is -0.0390. The van der Waals surface area contributed by atoms with Crippen LogP contribution in [-0.2, 0) is 14.8 Å². The summed E-state index contributed by atoms with van der Waals surface area (Å²) in [7, 11) is -3.09. The van der Waals surface area contributed by atoms with Gasteiger partial charge in [0.05, 0.1) is 18.5 Å². The zero-order valence-electron chi connectivity index (χ0n) is 10.6. The van der Waals surface area contributed by atoms with Crippen molar-refractivity contribution in [1.82, 2.24) is 9.62 Å². The van der Waals surface area contributed by atoms with Crippen molar-refractivity contribution in [1.29, 1.82) is 0 Å². The van der Waals surface area contributed by atoms with Crippen LogP contribution in [0.15, 0.2) is 0 Å². The van der Waals surface area contributed by atoms with E-state index in [1.54, 1.807) is 0 Å². The number of hydrogen-bond acceptors (Lipinski definition) is 4. The first-order chi connectivity index (χ1) is 8.00. The van der Waals surface area contributed by atoms with Gasteiger partial charge in [-0.3, -0.25) is 4.90 Å². The van der Waals surface area contributed by atoms with Crippen molar-refractivity contribution in [3.05, 3.63) is 0 Å². The molecule has 0 unspecified atom stereocenters. The molecule has 0 bridgehead atoms. The lowest BCUT2D eigenvalue weighted by Gasteiger charge is -2.33. The maximum atomic E-state index is 11.7. The molecule has 0 aliphatic carbocycles. The van der Waals surface area contributed by atoms with Crippen LogP contribution in [0.3, 0.4) is 0 Å². The minimum Gasteiger partial charge on any atom is -0.376 e. The molecule has 0 spiro atoms. The van der Waals surface area contributed by atoms with E-state index >= 15 is 0 Å². The number of sulfonamides is 1. The summed E-state index contributed by atoms with van der Waals surface area (Å²) >= 11 is 0. The van der Waals surface area contributed by atoms with Crippen LogP contribution in [0.4, 0.5) is 0 Å². The van der Waals surface area contributed by atoms with Gasteiger partial charge in [0.2, 0.25) is 10.0 Å². The molecule has 2 saturated heterocycles. The van der Waals surface area contributed by atoms with Gasteiger partial charge in [-0.2, -0.15) is 0 Å². The molecule has 1 N–H and O–H groups in total. The van der Waals surface area contributed by atoms with Gasteiger partial charge in [-0.1, -0.05) is 6.92 Å². The predicted molar refractivity (Wildman–Crippen MR) is 66.4 cm³/mol. The van der Waals surface area contributed by atoms with Crippen LogP contribution in [0, 0.1) is 0 Å². The van der Waals surface area contributed by atoms with E-state index in [1.165, 1.54) is 0 Å². The van der Waals surface area contributed by atoms with Gasteiger partial charge in [0, 0.05) is 25.2 Å². The van der Waals surface area contributed by atoms with Crippen LogP contribution in [0.2, 0.25) is 0 Å². The van der Waals surface area contributed by atoms with Crippen LogP contribution in [0.25, 0.3) is 0 Å². The second kappa shape index (κ2) is 5.22. The zero-order valence-corrected chi connectivity index (χ0v) is 11.4. The summed E-state index contributed by atoms with van der Waals surface area (Å²) in [6.45, 7) is 6.41. The van der Waals surface area contributed by atoms with Crippen molar-refractivity contribution >= 4 is 10.0 Å². The SMILES string of the molecule is CCCS(=O)(=O)N[C@@H]1C[C@H]2CO[C@H](C)CN2C1. The number of ether oxygens (including phenoxy) is 1. The molecule has 100 valence electrons. The van der Waals surface area contributed by atoms with Gasteiger partial charge < -0.3 is 4.74 Å². The average molecular weight is 262 g/mol. The van der Waals surface area contributed by atoms with Gasteiger partial charge in [0.15, 0.2) is 0 Å². The van der Waals surface area contributed by atoms with Crippen molar-refractivity contribution in [3.8, 4) is 0 Å². The van der Waals surface area contributed by atoms with Crippen LogP contribution < -0.4 is 4.72 Å². The largest absolute Gasteiger partial charge is 0.376 e. The Labute approximate surface area is 104 Å². The third-order valence-electron chi connectivity index (χ3n) is 3.41. The topological polar surface area (TPSA) is 58.6 Å². The smallest absolute Gasteiger partial charge is 0.211 e. The highest BCUT2D eigenvalue weighted by atomic mass is 32.2. The minimum absolute atomic E-state index is 0.0606. The lowest BCUT2D eigenvalue weighted by Crippen LogP contribution is -2.45.